The number of hydrogen-bond acceptors (Lipinski definition) is 3. The highest BCUT2D eigenvalue weighted by Gasteiger charge is 2.24. The largest absolute Gasteiger partial charge is 0.496 e. The lowest BCUT2D eigenvalue weighted by Gasteiger charge is -2.33. The lowest BCUT2D eigenvalue weighted by atomic mass is 9.77. The van der Waals surface area contributed by atoms with Gasteiger partial charge in [0.25, 0.3) is 0 Å². The topological polar surface area (TPSA) is 43.7 Å². The quantitative estimate of drug-likeness (QED) is 0.673. The van der Waals surface area contributed by atoms with E-state index in [4.69, 9.17) is 0 Å². The van der Waals surface area contributed by atoms with Gasteiger partial charge in [0, 0.05) is 16.8 Å². The Bertz CT molecular complexity index is 723. The Balaban J connectivity index is 2.08. The van der Waals surface area contributed by atoms with Crippen LogP contribution in [0.2, 0.25) is 0 Å². The minimum absolute atomic E-state index is 0.0256. The molecule has 23 heavy (non-hydrogen) atoms. The van der Waals surface area contributed by atoms with Crippen molar-refractivity contribution in [3.8, 4) is 0 Å². The first-order valence-electron chi connectivity index (χ1n) is 7.58. The number of anilines is 2. The van der Waals surface area contributed by atoms with Crippen LogP contribution in [0.1, 0.15) is 6.92 Å². The van der Waals surface area contributed by atoms with Crippen molar-refractivity contribution in [1.29, 1.82) is 0 Å². The zero-order chi connectivity index (χ0) is 16.2. The molecule has 0 radical (unpaired) electrons. The minimum atomic E-state index is -1.50. The highest BCUT2D eigenvalue weighted by atomic mass is 16.4. The molecule has 0 heterocycles. The molecule has 1 unspecified atom stereocenters. The van der Waals surface area contributed by atoms with Gasteiger partial charge in [0.05, 0.1) is 6.04 Å². The maximum atomic E-state index is 9.33. The Hall–Kier alpha value is -2.52. The van der Waals surface area contributed by atoms with E-state index in [-0.39, 0.29) is 6.04 Å². The predicted octanol–water partition coefficient (Wildman–Crippen LogP) is 3.25. The van der Waals surface area contributed by atoms with Gasteiger partial charge in [0.2, 0.25) is 0 Å². The normalized spacial score (nSPS) is 16.6. The first kappa shape index (κ1) is 15.4. The number of para-hydroxylation sites is 2. The molecule has 4 heteroatoms. The highest BCUT2D eigenvalue weighted by Crippen LogP contribution is 2.32. The van der Waals surface area contributed by atoms with Crippen molar-refractivity contribution in [2.24, 2.45) is 0 Å². The predicted molar refractivity (Wildman–Crippen MR) is 94.4 cm³/mol. The zero-order valence-corrected chi connectivity index (χ0v) is 12.9. The molecule has 1 atom stereocenters. The number of nitrogens with zero attached hydrogens (tertiary/aromatic N) is 1. The average Bonchev–Trinajstić information content (AvgIpc) is 2.58. The van der Waals surface area contributed by atoms with Crippen LogP contribution in [-0.4, -0.2) is 23.2 Å². The zero-order valence-electron chi connectivity index (χ0n) is 12.9. The van der Waals surface area contributed by atoms with Crippen molar-refractivity contribution in [3.05, 3.63) is 89.6 Å². The Labute approximate surface area is 136 Å². The van der Waals surface area contributed by atoms with Crippen LogP contribution in [0.25, 0.3) is 0 Å². The summed E-state index contributed by atoms with van der Waals surface area (Å²) in [6, 6.07) is 20.3. The van der Waals surface area contributed by atoms with E-state index in [1.807, 2.05) is 49.4 Å². The summed E-state index contributed by atoms with van der Waals surface area (Å²) in [6.07, 6.45) is 3.70. The summed E-state index contributed by atoms with van der Waals surface area (Å²) in [4.78, 5) is 2.21. The molecule has 0 amide bonds. The van der Waals surface area contributed by atoms with Crippen molar-refractivity contribution in [1.82, 2.24) is 0 Å². The van der Waals surface area contributed by atoms with Crippen LogP contribution < -0.4 is 4.90 Å². The maximum Gasteiger partial charge on any atom is 0.496 e. The summed E-state index contributed by atoms with van der Waals surface area (Å²) in [6.45, 7) is 1.95. The van der Waals surface area contributed by atoms with Crippen molar-refractivity contribution in [3.63, 3.8) is 0 Å². The van der Waals surface area contributed by atoms with E-state index >= 15 is 0 Å². The number of benzene rings is 2. The molecule has 1 aliphatic carbocycles. The van der Waals surface area contributed by atoms with Crippen LogP contribution in [0.15, 0.2) is 89.6 Å². The van der Waals surface area contributed by atoms with Gasteiger partial charge in [0.15, 0.2) is 0 Å². The van der Waals surface area contributed by atoms with E-state index in [2.05, 4.69) is 34.9 Å². The third kappa shape index (κ3) is 3.30. The molecule has 114 valence electrons. The van der Waals surface area contributed by atoms with Gasteiger partial charge >= 0.3 is 7.12 Å². The van der Waals surface area contributed by atoms with Gasteiger partial charge in [-0.25, -0.2) is 0 Å². The van der Waals surface area contributed by atoms with Crippen LogP contribution in [-0.2, 0) is 0 Å². The lowest BCUT2D eigenvalue weighted by molar-refractivity contribution is 0.420. The van der Waals surface area contributed by atoms with Gasteiger partial charge in [-0.3, -0.25) is 0 Å². The van der Waals surface area contributed by atoms with Crippen molar-refractivity contribution in [2.75, 3.05) is 4.90 Å². The van der Waals surface area contributed by atoms with Gasteiger partial charge < -0.3 is 14.9 Å². The number of allylic oxidation sites excluding steroid dienone is 1. The fourth-order valence-corrected chi connectivity index (χ4v) is 2.76. The molecule has 3 rings (SSSR count). The van der Waals surface area contributed by atoms with Crippen LogP contribution >= 0.6 is 0 Å². The molecule has 0 aliphatic heterocycles. The average molecular weight is 303 g/mol. The second kappa shape index (κ2) is 6.72. The van der Waals surface area contributed by atoms with E-state index < -0.39 is 7.12 Å². The molecule has 0 saturated carbocycles. The van der Waals surface area contributed by atoms with Gasteiger partial charge in [-0.15, -0.1) is 5.73 Å². The monoisotopic (exact) mass is 303 g/mol. The molecule has 2 N–H and O–H groups in total. The number of rotatable bonds is 4. The minimum Gasteiger partial charge on any atom is -0.423 e. The first-order valence-corrected chi connectivity index (χ1v) is 7.58. The molecule has 1 aliphatic rings. The Morgan fingerprint density at radius 1 is 0.913 bits per heavy atom. The smallest absolute Gasteiger partial charge is 0.423 e. The van der Waals surface area contributed by atoms with Crippen molar-refractivity contribution in [2.45, 2.75) is 13.0 Å². The molecular formula is C19H18BNO2. The Kier molecular flexibility index (Phi) is 4.49. The third-order valence-corrected chi connectivity index (χ3v) is 3.87. The molecular weight excluding hydrogens is 285 g/mol. The molecule has 0 saturated heterocycles. The van der Waals surface area contributed by atoms with Gasteiger partial charge in [0.1, 0.15) is 0 Å². The number of hydrogen-bond donors (Lipinski definition) is 2. The van der Waals surface area contributed by atoms with Gasteiger partial charge in [-0.05, 0) is 36.8 Å². The maximum absolute atomic E-state index is 9.33. The van der Waals surface area contributed by atoms with Gasteiger partial charge in [-0.2, -0.15) is 0 Å². The molecule has 0 bridgehead atoms. The van der Waals surface area contributed by atoms with Crippen LogP contribution in [0.4, 0.5) is 11.4 Å². The molecule has 0 aromatic heterocycles. The highest BCUT2D eigenvalue weighted by molar-refractivity contribution is 6.51. The molecule has 0 spiro atoms. The Morgan fingerprint density at radius 2 is 1.43 bits per heavy atom. The van der Waals surface area contributed by atoms with E-state index in [1.165, 1.54) is 0 Å². The standard InChI is InChI=1S/C19H18BNO2/c1-15-14-16(20(22)23)12-13-19(15)21(17-8-4-2-5-9-17)18-10-6-3-7-11-18/h2-13,19,22-23H,1H3. The molecule has 3 nitrogen and oxygen atoms in total. The van der Waals surface area contributed by atoms with E-state index in [1.54, 1.807) is 6.08 Å². The van der Waals surface area contributed by atoms with E-state index in [0.717, 1.165) is 16.9 Å². The second-order valence-electron chi connectivity index (χ2n) is 5.48. The van der Waals surface area contributed by atoms with Crippen molar-refractivity contribution >= 4 is 18.5 Å². The van der Waals surface area contributed by atoms with Crippen LogP contribution in [0.5, 0.6) is 0 Å². The fraction of sp³-hybridized carbons (Fsp3) is 0.105. The second-order valence-corrected chi connectivity index (χ2v) is 5.48. The molecule has 2 aromatic rings. The van der Waals surface area contributed by atoms with Crippen LogP contribution in [0, 0.1) is 0 Å². The SMILES string of the molecule is CC1=C=C(B(O)O)C=CC1N(c1ccccc1)c1ccccc1. The summed E-state index contributed by atoms with van der Waals surface area (Å²) >= 11 is 0. The van der Waals surface area contributed by atoms with Crippen LogP contribution in [0.3, 0.4) is 0 Å². The third-order valence-electron chi connectivity index (χ3n) is 3.87. The summed E-state index contributed by atoms with van der Waals surface area (Å²) in [5.41, 5.74) is 6.56. The summed E-state index contributed by atoms with van der Waals surface area (Å²) in [5, 5.41) is 18.7. The lowest BCUT2D eigenvalue weighted by Crippen LogP contribution is -2.32. The Morgan fingerprint density at radius 3 is 1.87 bits per heavy atom. The summed E-state index contributed by atoms with van der Waals surface area (Å²) in [5.74, 6) is 0. The fourth-order valence-electron chi connectivity index (χ4n) is 2.76. The van der Waals surface area contributed by atoms with Crippen molar-refractivity contribution < 1.29 is 10.0 Å². The van der Waals surface area contributed by atoms with E-state index in [0.29, 0.717) is 5.47 Å². The molecule has 0 fully saturated rings. The summed E-state index contributed by atoms with van der Waals surface area (Å²) in [7, 11) is -1.50. The van der Waals surface area contributed by atoms with Gasteiger partial charge in [-0.1, -0.05) is 48.6 Å². The molecule has 2 aromatic carbocycles. The summed E-state index contributed by atoms with van der Waals surface area (Å²) < 4.78 is 0. The van der Waals surface area contributed by atoms with E-state index in [9.17, 15) is 10.0 Å². The first-order chi connectivity index (χ1) is 11.2.